The van der Waals surface area contributed by atoms with Crippen molar-refractivity contribution in [3.05, 3.63) is 81.9 Å². The highest BCUT2D eigenvalue weighted by Gasteiger charge is 2.38. The Morgan fingerprint density at radius 3 is 2.51 bits per heavy atom. The van der Waals surface area contributed by atoms with Gasteiger partial charge in [0.25, 0.3) is 5.56 Å². The number of likely N-dealkylation sites (tertiary alicyclic amines) is 1. The van der Waals surface area contributed by atoms with Crippen molar-refractivity contribution in [3.63, 3.8) is 0 Å². The molecule has 1 saturated heterocycles. The zero-order valence-electron chi connectivity index (χ0n) is 28.7. The molecule has 3 aliphatic rings. The number of aryl methyl sites for hydroxylation is 1. The van der Waals surface area contributed by atoms with E-state index in [4.69, 9.17) is 4.74 Å². The summed E-state index contributed by atoms with van der Waals surface area (Å²) in [6.45, 7) is 6.61. The molecular weight excluding hydrogens is 639 g/mol. The van der Waals surface area contributed by atoms with Gasteiger partial charge in [-0.3, -0.25) is 14.2 Å². The average molecular weight is 684 g/mol. The smallest absolute Gasteiger partial charge is 0.410 e. The summed E-state index contributed by atoms with van der Waals surface area (Å²) in [7, 11) is 1.78. The second-order valence-corrected chi connectivity index (χ2v) is 15.9. The Bertz CT molecular complexity index is 1920. The zero-order valence-corrected chi connectivity index (χ0v) is 29.5. The molecule has 2 aromatic carbocycles. The van der Waals surface area contributed by atoms with Crippen LogP contribution in [-0.2, 0) is 22.5 Å². The van der Waals surface area contributed by atoms with Crippen molar-refractivity contribution in [2.24, 2.45) is 5.92 Å². The summed E-state index contributed by atoms with van der Waals surface area (Å²) in [6.07, 6.45) is 6.43. The molecule has 0 bridgehead atoms. The third-order valence-electron chi connectivity index (χ3n) is 10.4. The summed E-state index contributed by atoms with van der Waals surface area (Å²) in [5, 5.41) is 11.5. The first-order valence-electron chi connectivity index (χ1n) is 17.4. The van der Waals surface area contributed by atoms with E-state index in [1.54, 1.807) is 11.9 Å². The Morgan fingerprint density at radius 2 is 1.82 bits per heavy atom. The molecule has 0 spiro atoms. The highest BCUT2D eigenvalue weighted by molar-refractivity contribution is 7.11. The molecular formula is C38H45N5O5S. The third-order valence-corrected chi connectivity index (χ3v) is 11.3. The Kier molecular flexibility index (Phi) is 8.85. The van der Waals surface area contributed by atoms with Crippen LogP contribution in [0.15, 0.2) is 59.7 Å². The van der Waals surface area contributed by atoms with E-state index in [0.29, 0.717) is 43.8 Å². The Labute approximate surface area is 290 Å². The monoisotopic (exact) mass is 683 g/mol. The molecule has 2 aromatic heterocycles. The van der Waals surface area contributed by atoms with E-state index in [1.165, 1.54) is 40.8 Å². The highest BCUT2D eigenvalue weighted by Crippen LogP contribution is 2.45. The third kappa shape index (κ3) is 7.01. The number of aromatic nitrogens is 3. The van der Waals surface area contributed by atoms with Gasteiger partial charge in [-0.15, -0.1) is 0 Å². The fraction of sp³-hybridized carbons (Fsp3) is 0.500. The molecule has 4 aromatic rings. The summed E-state index contributed by atoms with van der Waals surface area (Å²) in [5.74, 6) is 0.949. The van der Waals surface area contributed by atoms with Crippen molar-refractivity contribution >= 4 is 34.6 Å². The maximum Gasteiger partial charge on any atom is 0.410 e. The number of fused-ring (bicyclic) bond motifs is 2. The first-order chi connectivity index (χ1) is 23.4. The largest absolute Gasteiger partial charge is 0.444 e. The minimum Gasteiger partial charge on any atom is -0.444 e. The predicted molar refractivity (Wildman–Crippen MR) is 189 cm³/mol. The van der Waals surface area contributed by atoms with Gasteiger partial charge in [-0.05, 0) is 111 Å². The quantitative estimate of drug-likeness (QED) is 0.231. The molecule has 7 rings (SSSR count). The molecule has 1 aliphatic heterocycles. The molecule has 2 aliphatic carbocycles. The first kappa shape index (κ1) is 33.4. The number of aliphatic hydroxyl groups is 1. The van der Waals surface area contributed by atoms with Crippen LogP contribution in [0.25, 0.3) is 21.5 Å². The lowest BCUT2D eigenvalue weighted by atomic mass is 9.88. The number of benzene rings is 2. The van der Waals surface area contributed by atoms with Gasteiger partial charge in [0.2, 0.25) is 5.91 Å². The summed E-state index contributed by atoms with van der Waals surface area (Å²) < 4.78 is 11.6. The SMILES string of the molecule is CN(C(=O)OC(C)(C)C)C1CCc2cc(-c3snc4c(=O)n(CC5(O)CCN(C(=O)CC(c6ccccc6)C6CC6)CC5)cnc34)ccc21. The molecule has 10 nitrogen and oxygen atoms in total. The van der Waals surface area contributed by atoms with Crippen molar-refractivity contribution in [1.29, 1.82) is 0 Å². The molecule has 258 valence electrons. The van der Waals surface area contributed by atoms with Crippen LogP contribution in [0.3, 0.4) is 0 Å². The average Bonchev–Trinajstić information content (AvgIpc) is 3.68. The number of carbonyl (C=O) groups excluding carboxylic acids is 2. The van der Waals surface area contributed by atoms with Crippen molar-refractivity contribution in [3.8, 4) is 10.4 Å². The summed E-state index contributed by atoms with van der Waals surface area (Å²) in [4.78, 5) is 48.7. The number of hydrogen-bond donors (Lipinski definition) is 1. The topological polar surface area (TPSA) is 118 Å². The van der Waals surface area contributed by atoms with Crippen LogP contribution < -0.4 is 5.56 Å². The van der Waals surface area contributed by atoms with Gasteiger partial charge in [-0.1, -0.05) is 42.5 Å². The fourth-order valence-corrected chi connectivity index (χ4v) is 8.30. The van der Waals surface area contributed by atoms with E-state index in [9.17, 15) is 19.5 Å². The Balaban J connectivity index is 1.01. The second kappa shape index (κ2) is 13.0. The molecule has 2 fully saturated rings. The minimum atomic E-state index is -1.12. The van der Waals surface area contributed by atoms with Crippen LogP contribution in [0.4, 0.5) is 4.79 Å². The number of amides is 2. The summed E-state index contributed by atoms with van der Waals surface area (Å²) in [5.41, 5.74) is 3.28. The lowest BCUT2D eigenvalue weighted by Crippen LogP contribution is -2.49. The molecule has 11 heteroatoms. The fourth-order valence-electron chi connectivity index (χ4n) is 7.48. The molecule has 2 unspecified atom stereocenters. The standard InChI is InChI=1S/C38H45N5O5S/c1-37(2,3)48-36(46)41(4)30-15-13-26-20-27(12-14-28(26)30)34-32-33(40-49-34)35(45)43(23-39-32)22-38(47)16-18-42(19-17-38)31(44)21-29(25-10-11-25)24-8-6-5-7-9-24/h5-9,12,14,20,23,25,29-30,47H,10-11,13,15-19,21-22H2,1-4H3. The van der Waals surface area contributed by atoms with Gasteiger partial charge in [0, 0.05) is 26.6 Å². The van der Waals surface area contributed by atoms with Gasteiger partial charge in [-0.2, -0.15) is 4.37 Å². The number of piperidine rings is 1. The summed E-state index contributed by atoms with van der Waals surface area (Å²) in [6, 6.07) is 16.4. The van der Waals surface area contributed by atoms with E-state index in [1.807, 2.05) is 49.9 Å². The number of nitrogens with zero attached hydrogens (tertiary/aromatic N) is 5. The van der Waals surface area contributed by atoms with Gasteiger partial charge < -0.3 is 19.6 Å². The molecule has 2 atom stereocenters. The maximum absolute atomic E-state index is 13.6. The number of hydrogen-bond acceptors (Lipinski definition) is 8. The van der Waals surface area contributed by atoms with Gasteiger partial charge in [0.1, 0.15) is 11.1 Å². The van der Waals surface area contributed by atoms with E-state index in [2.05, 4.69) is 33.6 Å². The van der Waals surface area contributed by atoms with Crippen LogP contribution in [-0.4, -0.2) is 72.2 Å². The first-order valence-corrected chi connectivity index (χ1v) is 18.2. The molecule has 49 heavy (non-hydrogen) atoms. The molecule has 3 heterocycles. The van der Waals surface area contributed by atoms with Crippen LogP contribution in [0.5, 0.6) is 0 Å². The van der Waals surface area contributed by atoms with Crippen LogP contribution in [0.2, 0.25) is 0 Å². The highest BCUT2D eigenvalue weighted by atomic mass is 32.1. The second-order valence-electron chi connectivity index (χ2n) is 15.1. The van der Waals surface area contributed by atoms with Gasteiger partial charge in [0.05, 0.1) is 29.4 Å². The molecule has 2 amide bonds. The van der Waals surface area contributed by atoms with Gasteiger partial charge in [-0.25, -0.2) is 9.78 Å². The lowest BCUT2D eigenvalue weighted by Gasteiger charge is -2.38. The summed E-state index contributed by atoms with van der Waals surface area (Å²) >= 11 is 1.24. The normalized spacial score (nSPS) is 19.4. The lowest BCUT2D eigenvalue weighted by molar-refractivity contribution is -0.136. The predicted octanol–water partition coefficient (Wildman–Crippen LogP) is 6.31. The van der Waals surface area contributed by atoms with E-state index >= 15 is 0 Å². The van der Waals surface area contributed by atoms with E-state index in [0.717, 1.165) is 34.4 Å². The minimum absolute atomic E-state index is 0.0628. The van der Waals surface area contributed by atoms with Crippen LogP contribution in [0.1, 0.15) is 87.9 Å². The van der Waals surface area contributed by atoms with E-state index in [-0.39, 0.29) is 41.6 Å². The van der Waals surface area contributed by atoms with Crippen molar-refractivity contribution in [2.75, 3.05) is 20.1 Å². The van der Waals surface area contributed by atoms with Crippen LogP contribution >= 0.6 is 11.5 Å². The van der Waals surface area contributed by atoms with E-state index < -0.39 is 11.2 Å². The zero-order chi connectivity index (χ0) is 34.5. The molecule has 1 saturated carbocycles. The van der Waals surface area contributed by atoms with Crippen molar-refractivity contribution < 1.29 is 19.4 Å². The van der Waals surface area contributed by atoms with Crippen LogP contribution in [0, 0.1) is 5.92 Å². The number of carbonyl (C=O) groups is 2. The van der Waals surface area contributed by atoms with Gasteiger partial charge >= 0.3 is 6.09 Å². The Hall–Kier alpha value is -4.09. The number of rotatable bonds is 8. The molecule has 0 radical (unpaired) electrons. The maximum atomic E-state index is 13.6. The van der Waals surface area contributed by atoms with Gasteiger partial charge in [0.15, 0.2) is 5.52 Å². The van der Waals surface area contributed by atoms with Crippen molar-refractivity contribution in [1.82, 2.24) is 23.7 Å². The van der Waals surface area contributed by atoms with Crippen molar-refractivity contribution in [2.45, 2.75) is 95.4 Å². The molecule has 1 N–H and O–H groups in total. The number of ether oxygens (including phenoxy) is 1. The Morgan fingerprint density at radius 1 is 1.08 bits per heavy atom.